The van der Waals surface area contributed by atoms with Crippen LogP contribution in [0.1, 0.15) is 80.2 Å². The van der Waals surface area contributed by atoms with Crippen molar-refractivity contribution >= 4 is 29.9 Å². The second-order valence-corrected chi connectivity index (χ2v) is 15.9. The number of amides is 4. The topological polar surface area (TPSA) is 103 Å². The van der Waals surface area contributed by atoms with E-state index in [9.17, 15) is 32.3 Å². The van der Waals surface area contributed by atoms with Gasteiger partial charge in [0.05, 0.1) is 17.6 Å². The molecule has 4 aliphatic rings. The number of carbonyl (C=O) groups excluding carboxylic acids is 4. The molecule has 3 heterocycles. The number of piperazine rings is 1. The summed E-state index contributed by atoms with van der Waals surface area (Å²) in [5.41, 5.74) is 1.06. The first-order valence-corrected chi connectivity index (χ1v) is 20.5. The van der Waals surface area contributed by atoms with E-state index in [-0.39, 0.29) is 37.5 Å². The number of benzene rings is 3. The van der Waals surface area contributed by atoms with E-state index < -0.39 is 59.7 Å². The van der Waals surface area contributed by atoms with E-state index in [2.05, 4.69) is 10.2 Å². The van der Waals surface area contributed by atoms with Gasteiger partial charge in [0.2, 0.25) is 17.7 Å². The highest BCUT2D eigenvalue weighted by Crippen LogP contribution is 2.40. The fraction of sp³-hybridized carbons (Fsp3) is 0.467. The molecule has 0 aromatic heterocycles. The lowest BCUT2D eigenvalue weighted by molar-refractivity contribution is -0.165. The van der Waals surface area contributed by atoms with Gasteiger partial charge in [0, 0.05) is 45.2 Å². The van der Waals surface area contributed by atoms with Crippen LogP contribution < -0.4 is 5.32 Å². The zero-order valence-electron chi connectivity index (χ0n) is 32.9. The van der Waals surface area contributed by atoms with Crippen LogP contribution in [0.2, 0.25) is 0 Å². The second-order valence-electron chi connectivity index (χ2n) is 15.9. The first-order chi connectivity index (χ1) is 28.0. The highest BCUT2D eigenvalue weighted by Gasteiger charge is 2.58. The highest BCUT2D eigenvalue weighted by atomic mass is 19.4. The number of halogens is 3. The molecule has 0 radical (unpaired) electrons. The van der Waals surface area contributed by atoms with Crippen LogP contribution in [0.4, 0.5) is 18.0 Å². The molecule has 3 saturated heterocycles. The van der Waals surface area contributed by atoms with E-state index in [4.69, 9.17) is 4.74 Å². The number of nitrogens with zero attached hydrogens (tertiary/aromatic N) is 4. The van der Waals surface area contributed by atoms with Crippen LogP contribution in [0.15, 0.2) is 91.0 Å². The fourth-order valence-electron chi connectivity index (χ4n) is 9.03. The molecule has 308 valence electrons. The summed E-state index contributed by atoms with van der Waals surface area (Å²) in [4.78, 5) is 63.3. The van der Waals surface area contributed by atoms with Crippen LogP contribution >= 0.6 is 0 Å². The van der Waals surface area contributed by atoms with Gasteiger partial charge in [-0.05, 0) is 54.0 Å². The highest BCUT2D eigenvalue weighted by molar-refractivity contribution is 5.98. The number of nitrogens with one attached hydrogen (secondary N) is 1. The van der Waals surface area contributed by atoms with E-state index in [0.717, 1.165) is 36.3 Å². The molecule has 3 aromatic carbocycles. The molecule has 5 atom stereocenters. The van der Waals surface area contributed by atoms with Crippen molar-refractivity contribution in [1.82, 2.24) is 24.9 Å². The molecule has 1 aliphatic carbocycles. The first-order valence-electron chi connectivity index (χ1n) is 20.5. The van der Waals surface area contributed by atoms with E-state index >= 15 is 0 Å². The average molecular weight is 800 g/mol. The third-order valence-electron chi connectivity index (χ3n) is 12.2. The minimum absolute atomic E-state index is 0.0166. The van der Waals surface area contributed by atoms with Gasteiger partial charge in [-0.25, -0.2) is 4.79 Å². The van der Waals surface area contributed by atoms with Gasteiger partial charge in [-0.3, -0.25) is 24.2 Å². The third kappa shape index (κ3) is 9.25. The van der Waals surface area contributed by atoms with Crippen LogP contribution in [0, 0.1) is 5.92 Å². The Morgan fingerprint density at radius 1 is 0.897 bits per heavy atom. The average Bonchev–Trinajstić information content (AvgIpc) is 3.62. The Morgan fingerprint density at radius 2 is 1.59 bits per heavy atom. The Kier molecular flexibility index (Phi) is 12.9. The summed E-state index contributed by atoms with van der Waals surface area (Å²) in [5, 5.41) is 2.81. The summed E-state index contributed by atoms with van der Waals surface area (Å²) in [6, 6.07) is 20.7. The molecule has 7 rings (SSSR count). The normalized spacial score (nSPS) is 23.1. The van der Waals surface area contributed by atoms with Gasteiger partial charge in [0.1, 0.15) is 18.7 Å². The van der Waals surface area contributed by atoms with Gasteiger partial charge in [0.25, 0.3) is 0 Å². The Labute approximate surface area is 338 Å². The van der Waals surface area contributed by atoms with Crippen molar-refractivity contribution in [2.45, 2.75) is 94.8 Å². The number of cyclic esters (lactones) is 1. The Balaban J connectivity index is 1.13. The van der Waals surface area contributed by atoms with Gasteiger partial charge in [-0.1, -0.05) is 111 Å². The van der Waals surface area contributed by atoms with Crippen molar-refractivity contribution < 1.29 is 37.1 Å². The largest absolute Gasteiger partial charge is 0.447 e. The number of alkyl halides is 3. The fourth-order valence-corrected chi connectivity index (χ4v) is 9.03. The van der Waals surface area contributed by atoms with Crippen molar-refractivity contribution in [3.8, 4) is 0 Å². The molecule has 1 N–H and O–H groups in total. The molecule has 0 bridgehead atoms. The van der Waals surface area contributed by atoms with Crippen molar-refractivity contribution in [2.24, 2.45) is 5.92 Å². The summed E-state index contributed by atoms with van der Waals surface area (Å²) >= 11 is 0. The van der Waals surface area contributed by atoms with Gasteiger partial charge in [-0.2, -0.15) is 13.2 Å². The summed E-state index contributed by atoms with van der Waals surface area (Å²) in [5.74, 6) is -1.58. The number of ether oxygens (including phenoxy) is 1. The van der Waals surface area contributed by atoms with Crippen LogP contribution in [-0.4, -0.2) is 100 Å². The lowest BCUT2D eigenvalue weighted by atomic mass is 9.83. The smallest absolute Gasteiger partial charge is 0.416 e. The Hall–Kier alpha value is -5.17. The number of hydrogen-bond donors (Lipinski definition) is 1. The quantitative estimate of drug-likeness (QED) is 0.186. The molecule has 4 fully saturated rings. The van der Waals surface area contributed by atoms with Crippen LogP contribution in [0.5, 0.6) is 0 Å². The van der Waals surface area contributed by atoms with Gasteiger partial charge < -0.3 is 19.9 Å². The minimum Gasteiger partial charge on any atom is -0.447 e. The van der Waals surface area contributed by atoms with Crippen molar-refractivity contribution in [3.05, 3.63) is 113 Å². The molecule has 3 aromatic rings. The molecule has 3 aliphatic heterocycles. The molecule has 58 heavy (non-hydrogen) atoms. The summed E-state index contributed by atoms with van der Waals surface area (Å²) in [6.45, 7) is 4.59. The van der Waals surface area contributed by atoms with Crippen molar-refractivity contribution in [2.75, 3.05) is 32.8 Å². The zero-order valence-corrected chi connectivity index (χ0v) is 32.9. The van der Waals surface area contributed by atoms with Gasteiger partial charge in [0.15, 0.2) is 0 Å². The molecular weight excluding hydrogens is 748 g/mol. The lowest BCUT2D eigenvalue weighted by Gasteiger charge is -2.53. The van der Waals surface area contributed by atoms with Crippen LogP contribution in [-0.2, 0) is 31.8 Å². The number of hydrogen-bond acceptors (Lipinski definition) is 6. The molecule has 1 saturated carbocycles. The summed E-state index contributed by atoms with van der Waals surface area (Å²) in [7, 11) is 0. The maximum Gasteiger partial charge on any atom is 0.416 e. The number of rotatable bonds is 13. The van der Waals surface area contributed by atoms with Gasteiger partial charge >= 0.3 is 12.3 Å². The Bertz CT molecular complexity index is 1930. The molecule has 0 spiro atoms. The molecule has 4 amide bonds. The molecular formula is C45H52F3N5O5. The third-order valence-corrected chi connectivity index (χ3v) is 12.2. The van der Waals surface area contributed by atoms with Crippen LogP contribution in [0.3, 0.4) is 0 Å². The SMILES string of the molecule is CC(CCC(=O)N1CCN(C2CCCCC2)CC1)[C@H](C(=O)NCc1cccc(C(F)(F)F)c1)N1C(=O)[C@@H](N2C(=O)OC[C@@H]2c2ccccc2)[C@H]1/C=C/c1ccccc1. The van der Waals surface area contributed by atoms with E-state index in [1.165, 1.54) is 54.0 Å². The van der Waals surface area contributed by atoms with E-state index in [0.29, 0.717) is 19.1 Å². The predicted molar refractivity (Wildman–Crippen MR) is 213 cm³/mol. The summed E-state index contributed by atoms with van der Waals surface area (Å²) < 4.78 is 46.2. The standard InChI is InChI=1S/C45H52F3N5O5/c1-31(20-23-39(54)51-26-24-50(25-27-51)36-18-9-4-10-19-36)40(42(55)49-29-33-14-11-17-35(28-33)45(46,47)48)52-37(22-21-32-12-5-2-6-13-32)41(43(52)56)53-38(30-58-44(53)57)34-15-7-3-8-16-34/h2-3,5-8,11-17,21-22,28,31,36-38,40-41H,4,9-10,18-20,23-27,29-30H2,1H3,(H,49,55)/b22-21+/t31?,37-,38-,40-,41+/m1/s1. The summed E-state index contributed by atoms with van der Waals surface area (Å²) in [6.07, 6.45) is 5.07. The lowest BCUT2D eigenvalue weighted by Crippen LogP contribution is -2.75. The second kappa shape index (κ2) is 18.2. The van der Waals surface area contributed by atoms with E-state index in [1.807, 2.05) is 84.6 Å². The van der Waals surface area contributed by atoms with E-state index in [1.54, 1.807) is 0 Å². The van der Waals surface area contributed by atoms with Gasteiger partial charge in [-0.15, -0.1) is 0 Å². The van der Waals surface area contributed by atoms with Crippen LogP contribution in [0.25, 0.3) is 6.08 Å². The number of likely N-dealkylation sites (tertiary alicyclic amines) is 1. The zero-order chi connectivity index (χ0) is 40.8. The predicted octanol–water partition coefficient (Wildman–Crippen LogP) is 7.07. The maximum atomic E-state index is 14.6. The van der Waals surface area contributed by atoms with Crippen molar-refractivity contribution in [3.63, 3.8) is 0 Å². The number of β-lactam (4-membered cyclic amide) rings is 1. The minimum atomic E-state index is -4.56. The Morgan fingerprint density at radius 3 is 2.28 bits per heavy atom. The van der Waals surface area contributed by atoms with Crippen molar-refractivity contribution in [1.29, 1.82) is 0 Å². The molecule has 13 heteroatoms. The maximum absolute atomic E-state index is 14.6. The number of carbonyl (C=O) groups is 4. The molecule has 1 unspecified atom stereocenters. The first kappa shape index (κ1) is 41.0. The molecule has 10 nitrogen and oxygen atoms in total. The monoisotopic (exact) mass is 799 g/mol.